The fraction of sp³-hybridized carbons (Fsp3) is 0.344. The summed E-state index contributed by atoms with van der Waals surface area (Å²) in [6.07, 6.45) is 5.24. The topological polar surface area (TPSA) is 96.3 Å². The maximum Gasteiger partial charge on any atom is 0.355 e. The minimum atomic E-state index is -0.736. The van der Waals surface area contributed by atoms with Crippen LogP contribution in [0.5, 0.6) is 0 Å². The molecule has 1 saturated heterocycles. The average molecular weight is 586 g/mol. The highest BCUT2D eigenvalue weighted by molar-refractivity contribution is 5.92. The molecule has 11 heteroatoms. The van der Waals surface area contributed by atoms with Crippen LogP contribution in [0.1, 0.15) is 43.9 Å². The van der Waals surface area contributed by atoms with Gasteiger partial charge >= 0.3 is 5.69 Å². The first-order valence-electron chi connectivity index (χ1n) is 14.6. The van der Waals surface area contributed by atoms with Crippen LogP contribution in [0, 0.1) is 11.6 Å². The Morgan fingerprint density at radius 2 is 1.86 bits per heavy atom. The van der Waals surface area contributed by atoms with Gasteiger partial charge in [0.05, 0.1) is 22.3 Å². The first-order chi connectivity index (χ1) is 20.8. The standard InChI is InChI=1S/C32H33F2N7O2/c1-4-25(42)39-14-16-40(17-15-39)30-21-18-23(34)28-26-22(33)9-7-10-24(26)35-12-6-5-8-20-11-13-36-27(19(2)3)29(20)41(31(21)37-28)32(43)38-30/h4,7,9-11,13,18-19,35H,1,5-6,8,12,14-17H2,2-3H3. The lowest BCUT2D eigenvalue weighted by Crippen LogP contribution is -2.49. The number of nitrogens with zero attached hydrogens (tertiary/aromatic N) is 6. The summed E-state index contributed by atoms with van der Waals surface area (Å²) < 4.78 is 33.0. The Balaban J connectivity index is 1.66. The Hall–Kier alpha value is -4.67. The van der Waals surface area contributed by atoms with E-state index in [2.05, 4.69) is 21.9 Å². The first kappa shape index (κ1) is 28.4. The normalized spacial score (nSPS) is 15.3. The Morgan fingerprint density at radius 1 is 1.07 bits per heavy atom. The summed E-state index contributed by atoms with van der Waals surface area (Å²) in [5.41, 5.74) is 2.00. The molecule has 0 spiro atoms. The number of amides is 1. The number of carbonyl (C=O) groups excluding carboxylic acids is 1. The number of fused-ring (bicyclic) bond motifs is 5. The number of aryl methyl sites for hydroxylation is 1. The quantitative estimate of drug-likeness (QED) is 0.344. The molecule has 9 nitrogen and oxygen atoms in total. The van der Waals surface area contributed by atoms with Gasteiger partial charge in [0.2, 0.25) is 5.91 Å². The third-order valence-corrected chi connectivity index (χ3v) is 8.11. The van der Waals surface area contributed by atoms with E-state index in [1.54, 1.807) is 23.2 Å². The zero-order valence-electron chi connectivity index (χ0n) is 24.2. The van der Waals surface area contributed by atoms with Crippen LogP contribution in [0.25, 0.3) is 28.0 Å². The molecule has 222 valence electrons. The maximum absolute atomic E-state index is 16.1. The minimum Gasteiger partial charge on any atom is -0.384 e. The molecule has 5 heterocycles. The number of piperazine rings is 1. The van der Waals surface area contributed by atoms with Crippen molar-refractivity contribution in [3.8, 4) is 16.9 Å². The number of rotatable bonds is 3. The Kier molecular flexibility index (Phi) is 7.64. The zero-order valence-corrected chi connectivity index (χ0v) is 24.2. The monoisotopic (exact) mass is 585 g/mol. The lowest BCUT2D eigenvalue weighted by atomic mass is 10.00. The Labute approximate surface area is 247 Å². The summed E-state index contributed by atoms with van der Waals surface area (Å²) in [5.74, 6) is -1.31. The summed E-state index contributed by atoms with van der Waals surface area (Å²) in [6.45, 7) is 9.65. The molecular formula is C32H33F2N7O2. The van der Waals surface area contributed by atoms with E-state index >= 15 is 8.78 Å². The number of nitrogens with one attached hydrogen (secondary N) is 1. The molecule has 0 radical (unpaired) electrons. The molecule has 1 aromatic carbocycles. The third-order valence-electron chi connectivity index (χ3n) is 8.11. The number of anilines is 2. The SMILES string of the molecule is C=CC(=O)N1CCN(c2nc(=O)n3c4nc(c(F)cc24)-c2c(F)cccc2NCCCCc2ccnc(C(C)C)c2-3)CC1. The van der Waals surface area contributed by atoms with Crippen molar-refractivity contribution in [2.45, 2.75) is 39.0 Å². The predicted octanol–water partition coefficient (Wildman–Crippen LogP) is 4.83. The Morgan fingerprint density at radius 3 is 2.60 bits per heavy atom. The van der Waals surface area contributed by atoms with Crippen molar-refractivity contribution in [2.75, 3.05) is 42.9 Å². The smallest absolute Gasteiger partial charge is 0.355 e. The van der Waals surface area contributed by atoms with Crippen molar-refractivity contribution in [3.63, 3.8) is 0 Å². The van der Waals surface area contributed by atoms with Crippen LogP contribution >= 0.6 is 0 Å². The predicted molar refractivity (Wildman–Crippen MR) is 163 cm³/mol. The molecule has 2 aliphatic rings. The summed E-state index contributed by atoms with van der Waals surface area (Å²) in [5, 5.41) is 3.58. The van der Waals surface area contributed by atoms with Crippen LogP contribution < -0.4 is 15.9 Å². The molecule has 0 atom stereocenters. The highest BCUT2D eigenvalue weighted by atomic mass is 19.1. The largest absolute Gasteiger partial charge is 0.384 e. The lowest BCUT2D eigenvalue weighted by molar-refractivity contribution is -0.126. The minimum absolute atomic E-state index is 0.00514. The van der Waals surface area contributed by atoms with Crippen molar-refractivity contribution in [1.29, 1.82) is 0 Å². The van der Waals surface area contributed by atoms with Crippen LogP contribution in [-0.2, 0) is 11.2 Å². The van der Waals surface area contributed by atoms with Crippen LogP contribution in [0.3, 0.4) is 0 Å². The Bertz CT molecular complexity index is 1800. The molecule has 4 aromatic rings. The number of pyridine rings is 2. The maximum atomic E-state index is 16.1. The number of aromatic nitrogens is 4. The summed E-state index contributed by atoms with van der Waals surface area (Å²) >= 11 is 0. The van der Waals surface area contributed by atoms with Gasteiger partial charge in [-0.3, -0.25) is 9.78 Å². The van der Waals surface area contributed by atoms with E-state index in [-0.39, 0.29) is 34.5 Å². The van der Waals surface area contributed by atoms with E-state index in [4.69, 9.17) is 4.98 Å². The molecule has 0 saturated carbocycles. The molecule has 0 aliphatic carbocycles. The van der Waals surface area contributed by atoms with Gasteiger partial charge < -0.3 is 15.1 Å². The van der Waals surface area contributed by atoms with E-state index in [1.807, 2.05) is 24.8 Å². The second-order valence-corrected chi connectivity index (χ2v) is 11.2. The van der Waals surface area contributed by atoms with Crippen molar-refractivity contribution in [2.24, 2.45) is 0 Å². The van der Waals surface area contributed by atoms with Gasteiger partial charge in [-0.1, -0.05) is 26.5 Å². The van der Waals surface area contributed by atoms with Crippen LogP contribution in [-0.4, -0.2) is 63.0 Å². The number of benzene rings is 1. The number of carbonyl (C=O) groups is 1. The second-order valence-electron chi connectivity index (χ2n) is 11.2. The summed E-state index contributed by atoms with van der Waals surface area (Å²) in [6, 6.07) is 7.74. The van der Waals surface area contributed by atoms with Gasteiger partial charge in [-0.05, 0) is 61.1 Å². The van der Waals surface area contributed by atoms with E-state index in [1.165, 1.54) is 22.8 Å². The van der Waals surface area contributed by atoms with E-state index < -0.39 is 17.3 Å². The molecule has 2 aliphatic heterocycles. The van der Waals surface area contributed by atoms with Crippen molar-refractivity contribution in [3.05, 3.63) is 82.6 Å². The summed E-state index contributed by atoms with van der Waals surface area (Å²) in [4.78, 5) is 43.7. The molecule has 1 N–H and O–H groups in total. The molecule has 3 aromatic heterocycles. The van der Waals surface area contributed by atoms with Gasteiger partial charge in [0.1, 0.15) is 17.3 Å². The van der Waals surface area contributed by atoms with Gasteiger partial charge in [0, 0.05) is 44.6 Å². The van der Waals surface area contributed by atoms with E-state index in [0.717, 1.165) is 18.4 Å². The van der Waals surface area contributed by atoms with Crippen LogP contribution in [0.4, 0.5) is 20.3 Å². The van der Waals surface area contributed by atoms with Gasteiger partial charge in [0.15, 0.2) is 11.5 Å². The fourth-order valence-electron chi connectivity index (χ4n) is 5.96. The molecule has 1 fully saturated rings. The number of hydrogen-bond donors (Lipinski definition) is 1. The van der Waals surface area contributed by atoms with Crippen LogP contribution in [0.15, 0.2) is 54.0 Å². The second kappa shape index (κ2) is 11.5. The van der Waals surface area contributed by atoms with Crippen molar-refractivity contribution in [1.82, 2.24) is 24.4 Å². The average Bonchev–Trinajstić information content (AvgIpc) is 3.01. The highest BCUT2D eigenvalue weighted by Gasteiger charge is 2.28. The molecule has 43 heavy (non-hydrogen) atoms. The molecule has 2 bridgehead atoms. The van der Waals surface area contributed by atoms with Gasteiger partial charge in [-0.25, -0.2) is 23.1 Å². The fourth-order valence-corrected chi connectivity index (χ4v) is 5.96. The molecular weight excluding hydrogens is 552 g/mol. The molecule has 6 rings (SSSR count). The lowest BCUT2D eigenvalue weighted by Gasteiger charge is -2.35. The van der Waals surface area contributed by atoms with Gasteiger partial charge in [0.25, 0.3) is 0 Å². The first-order valence-corrected chi connectivity index (χ1v) is 14.6. The van der Waals surface area contributed by atoms with Crippen molar-refractivity contribution < 1.29 is 13.6 Å². The summed E-state index contributed by atoms with van der Waals surface area (Å²) in [7, 11) is 0. The number of hydrogen-bond acceptors (Lipinski definition) is 7. The van der Waals surface area contributed by atoms with E-state index in [0.29, 0.717) is 61.6 Å². The third kappa shape index (κ3) is 5.13. The molecule has 0 unspecified atom stereocenters. The number of halogens is 2. The molecule has 1 amide bonds. The van der Waals surface area contributed by atoms with Gasteiger partial charge in [-0.2, -0.15) is 4.98 Å². The van der Waals surface area contributed by atoms with E-state index in [9.17, 15) is 9.59 Å². The van der Waals surface area contributed by atoms with Crippen molar-refractivity contribution >= 4 is 28.4 Å². The zero-order chi connectivity index (χ0) is 30.2. The highest BCUT2D eigenvalue weighted by Crippen LogP contribution is 2.36. The van der Waals surface area contributed by atoms with Gasteiger partial charge in [-0.15, -0.1) is 0 Å². The van der Waals surface area contributed by atoms with Crippen LogP contribution in [0.2, 0.25) is 0 Å².